The van der Waals surface area contributed by atoms with Crippen LogP contribution in [0.4, 0.5) is 0 Å². The van der Waals surface area contributed by atoms with Crippen LogP contribution in [0.1, 0.15) is 19.8 Å². The van der Waals surface area contributed by atoms with Crippen molar-refractivity contribution in [2.24, 2.45) is 0 Å². The van der Waals surface area contributed by atoms with Crippen LogP contribution in [0.3, 0.4) is 0 Å². The van der Waals surface area contributed by atoms with E-state index in [0.29, 0.717) is 0 Å². The van der Waals surface area contributed by atoms with Crippen molar-refractivity contribution in [2.45, 2.75) is 19.8 Å². The monoisotopic (exact) mass is 148 g/mol. The molecule has 0 saturated heterocycles. The molecular formula is C11H16. The second-order valence-corrected chi connectivity index (χ2v) is 2.45. The van der Waals surface area contributed by atoms with Crippen LogP contribution in [0.15, 0.2) is 49.1 Å². The van der Waals surface area contributed by atoms with Crippen molar-refractivity contribution in [1.82, 2.24) is 0 Å². The Morgan fingerprint density at radius 1 is 1.27 bits per heavy atom. The van der Waals surface area contributed by atoms with Gasteiger partial charge in [0.15, 0.2) is 0 Å². The van der Waals surface area contributed by atoms with Gasteiger partial charge < -0.3 is 0 Å². The lowest BCUT2D eigenvalue weighted by Gasteiger charge is -1.97. The minimum Gasteiger partial charge on any atom is -0.0988 e. The Morgan fingerprint density at radius 2 is 1.91 bits per heavy atom. The number of hydrogen-bond acceptors (Lipinski definition) is 0. The first-order valence-electron chi connectivity index (χ1n) is 3.89. The third-order valence-corrected chi connectivity index (χ3v) is 1.43. The first kappa shape index (κ1) is 9.96. The van der Waals surface area contributed by atoms with Crippen LogP contribution < -0.4 is 0 Å². The summed E-state index contributed by atoms with van der Waals surface area (Å²) in [5, 5.41) is 0. The molecule has 60 valence electrons. The maximum Gasteiger partial charge on any atom is -0.0281 e. The Balaban J connectivity index is 4.21. The van der Waals surface area contributed by atoms with E-state index >= 15 is 0 Å². The quantitative estimate of drug-likeness (QED) is 0.522. The summed E-state index contributed by atoms with van der Waals surface area (Å²) in [5.41, 5.74) is 2.19. The first-order chi connectivity index (χ1) is 5.24. The fourth-order valence-electron chi connectivity index (χ4n) is 0.819. The van der Waals surface area contributed by atoms with Crippen LogP contribution in [-0.4, -0.2) is 0 Å². The van der Waals surface area contributed by atoms with Crippen molar-refractivity contribution in [3.63, 3.8) is 0 Å². The summed E-state index contributed by atoms with van der Waals surface area (Å²) in [6, 6.07) is 0. The summed E-state index contributed by atoms with van der Waals surface area (Å²) >= 11 is 0. The molecule has 0 fully saturated rings. The average Bonchev–Trinajstić information content (AvgIpc) is 2.03. The Bertz CT molecular complexity index is 182. The van der Waals surface area contributed by atoms with E-state index in [1.807, 2.05) is 12.2 Å². The fraction of sp³-hybridized carbons (Fsp3) is 0.273. The van der Waals surface area contributed by atoms with E-state index < -0.39 is 0 Å². The fourth-order valence-corrected chi connectivity index (χ4v) is 0.819. The van der Waals surface area contributed by atoms with Gasteiger partial charge in [-0.25, -0.2) is 0 Å². The van der Waals surface area contributed by atoms with E-state index in [2.05, 4.69) is 26.7 Å². The largest absolute Gasteiger partial charge is 0.0988 e. The number of allylic oxidation sites excluding steroid dienone is 5. The molecule has 0 radical (unpaired) electrons. The Hall–Kier alpha value is -1.04. The SMILES string of the molecule is C=CC(=C)/C=C(\C=C)CCC. The predicted molar refractivity (Wildman–Crippen MR) is 52.5 cm³/mol. The Kier molecular flexibility index (Phi) is 5.18. The third kappa shape index (κ3) is 4.38. The lowest BCUT2D eigenvalue weighted by molar-refractivity contribution is 0.926. The number of hydrogen-bond donors (Lipinski definition) is 0. The molecule has 0 aromatic carbocycles. The van der Waals surface area contributed by atoms with Gasteiger partial charge in [-0.1, -0.05) is 51.3 Å². The van der Waals surface area contributed by atoms with Gasteiger partial charge in [0.1, 0.15) is 0 Å². The van der Waals surface area contributed by atoms with Gasteiger partial charge in [0.05, 0.1) is 0 Å². The highest BCUT2D eigenvalue weighted by Gasteiger charge is 1.88. The zero-order chi connectivity index (χ0) is 8.69. The van der Waals surface area contributed by atoms with E-state index in [9.17, 15) is 0 Å². The van der Waals surface area contributed by atoms with Gasteiger partial charge in [0.25, 0.3) is 0 Å². The van der Waals surface area contributed by atoms with Crippen molar-refractivity contribution < 1.29 is 0 Å². The van der Waals surface area contributed by atoms with Crippen LogP contribution >= 0.6 is 0 Å². The zero-order valence-corrected chi connectivity index (χ0v) is 7.27. The molecule has 0 rings (SSSR count). The van der Waals surface area contributed by atoms with Crippen LogP contribution in [0.25, 0.3) is 0 Å². The third-order valence-electron chi connectivity index (χ3n) is 1.43. The molecule has 0 heteroatoms. The van der Waals surface area contributed by atoms with Crippen molar-refractivity contribution in [3.05, 3.63) is 49.1 Å². The second kappa shape index (κ2) is 5.72. The van der Waals surface area contributed by atoms with E-state index in [1.54, 1.807) is 6.08 Å². The van der Waals surface area contributed by atoms with E-state index in [1.165, 1.54) is 5.57 Å². The minimum atomic E-state index is 0.952. The molecule has 0 atom stereocenters. The van der Waals surface area contributed by atoms with Gasteiger partial charge in [-0.2, -0.15) is 0 Å². The molecule has 0 spiro atoms. The standard InChI is InChI=1S/C11H16/c1-5-8-11(7-3)9-10(4)6-2/h6-7,9H,2-5,8H2,1H3/b11-9+. The molecule has 0 nitrogen and oxygen atoms in total. The van der Waals surface area contributed by atoms with Gasteiger partial charge >= 0.3 is 0 Å². The zero-order valence-electron chi connectivity index (χ0n) is 7.27. The van der Waals surface area contributed by atoms with Gasteiger partial charge in [-0.05, 0) is 17.6 Å². The highest BCUT2D eigenvalue weighted by atomic mass is 13.9. The summed E-state index contributed by atoms with van der Waals surface area (Å²) in [4.78, 5) is 0. The lowest BCUT2D eigenvalue weighted by atomic mass is 10.1. The molecule has 0 unspecified atom stereocenters. The molecule has 0 aromatic heterocycles. The van der Waals surface area contributed by atoms with Crippen LogP contribution in [0, 0.1) is 0 Å². The molecule has 0 aliphatic heterocycles. The van der Waals surface area contributed by atoms with Crippen molar-refractivity contribution in [2.75, 3.05) is 0 Å². The molecule has 0 aliphatic rings. The topological polar surface area (TPSA) is 0 Å². The van der Waals surface area contributed by atoms with Crippen molar-refractivity contribution in [3.8, 4) is 0 Å². The minimum absolute atomic E-state index is 0.952. The molecule has 0 saturated carbocycles. The Labute approximate surface area is 69.6 Å². The molecule has 0 heterocycles. The molecule has 0 N–H and O–H groups in total. The highest BCUT2D eigenvalue weighted by Crippen LogP contribution is 2.08. The molecule has 0 aromatic rings. The summed E-state index contributed by atoms with van der Waals surface area (Å²) in [5.74, 6) is 0. The summed E-state index contributed by atoms with van der Waals surface area (Å²) in [7, 11) is 0. The van der Waals surface area contributed by atoms with E-state index in [0.717, 1.165) is 18.4 Å². The first-order valence-corrected chi connectivity index (χ1v) is 3.89. The molecule has 0 bridgehead atoms. The van der Waals surface area contributed by atoms with E-state index in [4.69, 9.17) is 0 Å². The second-order valence-electron chi connectivity index (χ2n) is 2.45. The van der Waals surface area contributed by atoms with E-state index in [-0.39, 0.29) is 0 Å². The molecule has 0 aliphatic carbocycles. The maximum absolute atomic E-state index is 3.80. The van der Waals surface area contributed by atoms with Crippen molar-refractivity contribution >= 4 is 0 Å². The Morgan fingerprint density at radius 3 is 2.27 bits per heavy atom. The molecule has 11 heavy (non-hydrogen) atoms. The van der Waals surface area contributed by atoms with Gasteiger partial charge in [-0.3, -0.25) is 0 Å². The van der Waals surface area contributed by atoms with Crippen molar-refractivity contribution in [1.29, 1.82) is 0 Å². The van der Waals surface area contributed by atoms with Gasteiger partial charge in [0.2, 0.25) is 0 Å². The van der Waals surface area contributed by atoms with Crippen LogP contribution in [0.2, 0.25) is 0 Å². The lowest BCUT2D eigenvalue weighted by Crippen LogP contribution is -1.77. The average molecular weight is 148 g/mol. The van der Waals surface area contributed by atoms with Gasteiger partial charge in [0, 0.05) is 0 Å². The smallest absolute Gasteiger partial charge is 0.0281 e. The summed E-state index contributed by atoms with van der Waals surface area (Å²) in [6.07, 6.45) is 7.85. The maximum atomic E-state index is 3.80. The number of rotatable bonds is 5. The summed E-state index contributed by atoms with van der Waals surface area (Å²) < 4.78 is 0. The normalized spacial score (nSPS) is 10.8. The predicted octanol–water partition coefficient (Wildman–Crippen LogP) is 3.64. The summed E-state index contributed by atoms with van der Waals surface area (Å²) in [6.45, 7) is 13.3. The van der Waals surface area contributed by atoms with Crippen LogP contribution in [0.5, 0.6) is 0 Å². The van der Waals surface area contributed by atoms with Gasteiger partial charge in [-0.15, -0.1) is 0 Å². The molecular weight excluding hydrogens is 132 g/mol. The molecule has 0 amide bonds. The highest BCUT2D eigenvalue weighted by molar-refractivity contribution is 5.33. The van der Waals surface area contributed by atoms with Crippen LogP contribution in [-0.2, 0) is 0 Å².